The fraction of sp³-hybridized carbons (Fsp3) is 0.750. The van der Waals surface area contributed by atoms with Crippen molar-refractivity contribution in [2.45, 2.75) is 258 Å². The minimum atomic E-state index is -2.73. The maximum Gasteiger partial charge on any atom is 0.500 e. The molecule has 9 N–H and O–H groups in total. The van der Waals surface area contributed by atoms with Crippen molar-refractivity contribution < 1.29 is 165 Å². The Kier molecular flexibility index (Phi) is 85.3. The van der Waals surface area contributed by atoms with Crippen LogP contribution in [0.5, 0.6) is 0 Å². The second kappa shape index (κ2) is 90.6. The zero-order valence-corrected chi connectivity index (χ0v) is 101. The molecule has 149 heavy (non-hydrogen) atoms. The van der Waals surface area contributed by atoms with Gasteiger partial charge < -0.3 is 155 Å². The molecule has 0 saturated carbocycles. The lowest BCUT2D eigenvalue weighted by molar-refractivity contribution is -0.135. The molecule has 44 nitrogen and oxygen atoms in total. The number of allylic oxidation sites excluding steroid dienone is 3. The molecule has 9 amide bonds. The highest BCUT2D eigenvalue weighted by Crippen LogP contribution is 2.35. The lowest BCUT2D eigenvalue weighted by Crippen LogP contribution is -2.46. The topological polar surface area (TPSA) is 525 Å². The van der Waals surface area contributed by atoms with Gasteiger partial charge >= 0.3 is 81.6 Å². The van der Waals surface area contributed by atoms with Crippen molar-refractivity contribution in [3.05, 3.63) is 62.4 Å². The number of esters is 3. The first-order valence-corrected chi connectivity index (χ1v) is 64.2. The third-order valence-corrected chi connectivity index (χ3v) is 32.2. The van der Waals surface area contributed by atoms with Crippen molar-refractivity contribution >= 4 is 194 Å². The Bertz CT molecular complexity index is 3820. The third-order valence-electron chi connectivity index (χ3n) is 21.4. The standard InChI is InChI=1S/C34H59Br2N3O13Si.2C31H53Br2N3O11Si/c1-5-9-11-15-28(27-26-29(30(35)36)51-31(27)40)52-34(43)39-17-13-10-12-16-37-32(41)46-23-21-44-19-20-45-22-24-47-33(42)38-18-14-25-53(48-6-2,49-7-3)50-8-4;2*1-5-6-8-12-25(24-23-26(27(32)33)46-28(24)37)47-31(40)36-14-10-7-9-13-34-29(38)44-20-18-42-16-17-43-19-21-45-30(39)35-15-11-22-48(3,4)41-2/h26,28H,5-25H2,1-4H3,(H,37,41)(H,38,42)(H,39,43);2*23,25H,5-22H2,1-4H3,(H,34,38)(H,35,39)(H,36,40). The van der Waals surface area contributed by atoms with Gasteiger partial charge in [0, 0.05) is 99.0 Å². The molecule has 3 heterocycles. The van der Waals surface area contributed by atoms with E-state index in [0.717, 1.165) is 102 Å². The Morgan fingerprint density at radius 1 is 0.275 bits per heavy atom. The number of amides is 9. The number of carbonyl (C=O) groups is 12. The summed E-state index contributed by atoms with van der Waals surface area (Å²) < 4.78 is 125. The molecule has 53 heteroatoms. The number of ether oxygens (including phenoxy) is 18. The SMILES string of the molecule is CCCCCC(OC(=O)NCCCCCNC(=O)OCCOCCOCCOC(=O)NCCC[Si](C)(C)OC)C1=CC(=C(Br)Br)OC1=O.CCCCCC(OC(=O)NCCCCCNC(=O)OCCOCCOCCOC(=O)NCCC[Si](C)(C)OC)C1=CC(=C(Br)Br)OC1=O.CCCCCC(OC(=O)NCCCCCNC(=O)OCCOCCOCCOC(=O)NCCC[Si](OCC)(OCC)OCC)C1=CC(=C(Br)Br)OC1=O. The van der Waals surface area contributed by atoms with E-state index in [1.807, 2.05) is 20.8 Å². The van der Waals surface area contributed by atoms with E-state index in [2.05, 4.69) is 190 Å². The number of rotatable bonds is 83. The van der Waals surface area contributed by atoms with Gasteiger partial charge in [0.25, 0.3) is 0 Å². The molecule has 0 radical (unpaired) electrons. The number of carbonyl (C=O) groups excluding carboxylic acids is 12. The van der Waals surface area contributed by atoms with E-state index in [9.17, 15) is 57.5 Å². The molecule has 0 bridgehead atoms. The smallest absolute Gasteiger partial charge is 0.447 e. The van der Waals surface area contributed by atoms with Crippen LogP contribution in [0.2, 0.25) is 44.3 Å². The Balaban J connectivity index is 0.00000112. The number of hydrogen-bond acceptors (Lipinski definition) is 35. The molecule has 0 saturated heterocycles. The molecule has 3 atom stereocenters. The zero-order chi connectivity index (χ0) is 110. The number of unbranched alkanes of at least 4 members (excludes halogenated alkanes) is 12. The minimum Gasteiger partial charge on any atom is -0.447 e. The summed E-state index contributed by atoms with van der Waals surface area (Å²) in [5.74, 6) is -0.589. The molecule has 3 rings (SSSR count). The van der Waals surface area contributed by atoms with E-state index in [-0.39, 0.29) is 79.3 Å². The van der Waals surface area contributed by atoms with Crippen molar-refractivity contribution in [3.8, 4) is 0 Å². The Morgan fingerprint density at radius 3 is 0.671 bits per heavy atom. The quantitative estimate of drug-likeness (QED) is 0.0118. The van der Waals surface area contributed by atoms with Crippen molar-refractivity contribution in [3.63, 3.8) is 0 Å². The Hall–Kier alpha value is -6.63. The number of alkyl carbamates (subject to hydrolysis) is 9. The van der Waals surface area contributed by atoms with Crippen LogP contribution in [0.25, 0.3) is 0 Å². The van der Waals surface area contributed by atoms with Crippen LogP contribution >= 0.6 is 95.6 Å². The van der Waals surface area contributed by atoms with Gasteiger partial charge in [-0.3, -0.25) is 0 Å². The van der Waals surface area contributed by atoms with Crippen molar-refractivity contribution in [2.75, 3.05) is 212 Å². The van der Waals surface area contributed by atoms with E-state index < -0.39 is 116 Å². The van der Waals surface area contributed by atoms with Gasteiger partial charge in [0.15, 0.2) is 33.9 Å². The van der Waals surface area contributed by atoms with Crippen molar-refractivity contribution in [1.82, 2.24) is 47.9 Å². The normalized spacial score (nSPS) is 13.3. The highest BCUT2D eigenvalue weighted by molar-refractivity contribution is 9.29. The van der Waals surface area contributed by atoms with Crippen LogP contribution in [0.4, 0.5) is 43.2 Å². The van der Waals surface area contributed by atoms with E-state index >= 15 is 0 Å². The lowest BCUT2D eigenvalue weighted by Gasteiger charge is -2.28. The number of halogens is 6. The number of hydrogen-bond donors (Lipinski definition) is 9. The predicted octanol–water partition coefficient (Wildman–Crippen LogP) is 18.2. The average Bonchev–Trinajstić information content (AvgIpc) is 1.70. The predicted molar refractivity (Wildman–Crippen MR) is 585 cm³/mol. The molecule has 0 aromatic carbocycles. The van der Waals surface area contributed by atoms with Gasteiger partial charge in [0.2, 0.25) is 0 Å². The highest BCUT2D eigenvalue weighted by atomic mass is 79.9. The van der Waals surface area contributed by atoms with Gasteiger partial charge in [-0.25, -0.2) is 57.5 Å². The molecule has 3 unspecified atom stereocenters. The van der Waals surface area contributed by atoms with Crippen LogP contribution in [0.15, 0.2) is 62.4 Å². The monoisotopic (exact) mass is 2560 g/mol. The van der Waals surface area contributed by atoms with Crippen LogP contribution in [0.3, 0.4) is 0 Å². The molecule has 0 aromatic rings. The average molecular weight is 2570 g/mol. The van der Waals surface area contributed by atoms with Gasteiger partial charge in [-0.15, -0.1) is 0 Å². The Morgan fingerprint density at radius 2 is 0.477 bits per heavy atom. The van der Waals surface area contributed by atoms with Crippen molar-refractivity contribution in [1.29, 1.82) is 0 Å². The summed E-state index contributed by atoms with van der Waals surface area (Å²) in [5, 5.41) is 24.3. The molecule has 0 aliphatic carbocycles. The molecule has 0 aromatic heterocycles. The molecule has 0 spiro atoms. The molecule has 3 aliphatic heterocycles. The summed E-state index contributed by atoms with van der Waals surface area (Å²) in [6.45, 7) is 29.8. The molecule has 0 fully saturated rings. The van der Waals surface area contributed by atoms with Gasteiger partial charge in [-0.1, -0.05) is 59.3 Å². The minimum absolute atomic E-state index is 0.0868. The summed E-state index contributed by atoms with van der Waals surface area (Å²) in [4.78, 5) is 145. The first kappa shape index (κ1) is 140. The summed E-state index contributed by atoms with van der Waals surface area (Å²) in [5.41, 5.74) is 0.918. The van der Waals surface area contributed by atoms with Crippen LogP contribution in [0.1, 0.15) is 196 Å². The second-order valence-corrected chi connectivity index (χ2v) is 53.8. The highest BCUT2D eigenvalue weighted by Gasteiger charge is 2.41. The molecular weight excluding hydrogens is 2400 g/mol. The number of cyclic esters (lactones) is 3. The first-order valence-electron chi connectivity index (χ1n) is 51.3. The third kappa shape index (κ3) is 75.0. The van der Waals surface area contributed by atoms with Crippen LogP contribution in [-0.4, -0.2) is 328 Å². The maximum absolute atomic E-state index is 12.4. The second-order valence-electron chi connectivity index (χ2n) is 34.2. The van der Waals surface area contributed by atoms with Crippen molar-refractivity contribution in [2.24, 2.45) is 0 Å². The number of nitrogens with one attached hydrogen (secondary N) is 9. The van der Waals surface area contributed by atoms with Gasteiger partial charge in [-0.2, -0.15) is 0 Å². The molecule has 858 valence electrons. The van der Waals surface area contributed by atoms with E-state index in [1.54, 1.807) is 32.4 Å². The fourth-order valence-corrected chi connectivity index (χ4v) is 19.4. The van der Waals surface area contributed by atoms with E-state index in [0.29, 0.717) is 233 Å². The van der Waals surface area contributed by atoms with Crippen LogP contribution in [-0.2, 0) is 122 Å². The Labute approximate surface area is 932 Å². The lowest BCUT2D eigenvalue weighted by atomic mass is 10.0. The van der Waals surface area contributed by atoms with Crippen LogP contribution < -0.4 is 47.9 Å². The zero-order valence-electron chi connectivity index (χ0n) is 88.8. The fourth-order valence-electron chi connectivity index (χ4n) is 13.2. The summed E-state index contributed by atoms with van der Waals surface area (Å²) in [7, 11) is -2.50. The van der Waals surface area contributed by atoms with E-state index in [1.165, 1.54) is 0 Å². The van der Waals surface area contributed by atoms with Gasteiger partial charge in [-0.05, 0) is 288 Å². The maximum atomic E-state index is 12.4. The first-order chi connectivity index (χ1) is 71.6. The molecule has 3 aliphatic rings. The summed E-state index contributed by atoms with van der Waals surface area (Å²) >= 11 is 19.4. The summed E-state index contributed by atoms with van der Waals surface area (Å²) in [6.07, 6.45) is 16.3. The van der Waals surface area contributed by atoms with E-state index in [4.69, 9.17) is 107 Å². The molecular formula is C96H165Br6N9O35Si3. The largest absolute Gasteiger partial charge is 0.500 e. The van der Waals surface area contributed by atoms with Gasteiger partial charge in [0.05, 0.1) is 96.0 Å². The van der Waals surface area contributed by atoms with Gasteiger partial charge in [0.1, 0.15) is 68.1 Å². The van der Waals surface area contributed by atoms with Crippen LogP contribution in [0, 0.1) is 0 Å². The summed E-state index contributed by atoms with van der Waals surface area (Å²) in [6, 6.07) is 2.52.